The maximum absolute atomic E-state index is 6.89. The summed E-state index contributed by atoms with van der Waals surface area (Å²) in [6, 6.07) is 49.8. The van der Waals surface area contributed by atoms with E-state index in [-0.39, 0.29) is 10.8 Å². The number of para-hydroxylation sites is 2. The zero-order valence-electron chi connectivity index (χ0n) is 30.3. The van der Waals surface area contributed by atoms with E-state index >= 15 is 0 Å². The molecule has 252 valence electrons. The largest absolute Gasteiger partial charge is 0.457 e. The summed E-state index contributed by atoms with van der Waals surface area (Å²) in [6.45, 7) is 14.3. The Morgan fingerprint density at radius 1 is 0.520 bits per heavy atom. The highest BCUT2D eigenvalue weighted by atomic mass is 16.5. The topological polar surface area (TPSA) is 28.6 Å². The highest BCUT2D eigenvalue weighted by Crippen LogP contribution is 2.47. The van der Waals surface area contributed by atoms with Gasteiger partial charge in [0.2, 0.25) is 0 Å². The number of pyridine rings is 1. The first-order valence-electron chi connectivity index (χ1n) is 17.5. The van der Waals surface area contributed by atoms with Crippen LogP contribution in [-0.4, -0.2) is 18.7 Å². The second kappa shape index (κ2) is 12.8. The van der Waals surface area contributed by atoms with Gasteiger partial charge in [-0.2, -0.15) is 0 Å². The molecule has 0 N–H and O–H groups in total. The Kier molecular flexibility index (Phi) is 8.51. The molecule has 1 aromatic heterocycles. The summed E-state index contributed by atoms with van der Waals surface area (Å²) < 4.78 is 6.89. The minimum Gasteiger partial charge on any atom is -0.457 e. The molecule has 0 radical (unpaired) electrons. The Balaban J connectivity index is 1.39. The summed E-state index contributed by atoms with van der Waals surface area (Å²) in [7, 11) is 2.15. The van der Waals surface area contributed by atoms with Crippen LogP contribution in [0, 0.1) is 0 Å². The second-order valence-corrected chi connectivity index (χ2v) is 15.5. The lowest BCUT2D eigenvalue weighted by Crippen LogP contribution is -2.32. The quantitative estimate of drug-likeness (QED) is 0.160. The number of rotatable bonds is 7. The monoisotopic (exact) mass is 657 g/mol. The van der Waals surface area contributed by atoms with Crippen LogP contribution in [0.1, 0.15) is 75.1 Å². The van der Waals surface area contributed by atoms with Gasteiger partial charge in [-0.15, -0.1) is 0 Å². The van der Waals surface area contributed by atoms with Gasteiger partial charge in [0.05, 0.1) is 29.2 Å². The summed E-state index contributed by atoms with van der Waals surface area (Å²) in [5, 5.41) is 0. The number of hydrogen-bond donors (Lipinski definition) is 0. The minimum atomic E-state index is -0.689. The third-order valence-electron chi connectivity index (χ3n) is 9.93. The average molecular weight is 658 g/mol. The van der Waals surface area contributed by atoms with Gasteiger partial charge in [-0.3, -0.25) is 4.98 Å². The molecule has 4 heteroatoms. The Bertz CT molecular complexity index is 2070. The van der Waals surface area contributed by atoms with Gasteiger partial charge >= 0.3 is 0 Å². The standard InChI is InChI=1S/C46H47N3O/c1-44(2,3)35-25-26-47-43(30-35)46(33-17-10-8-11-18-33,34-19-12-9-13-20-34)36-21-16-22-39(28-36)50-40-29-37(45(4,5)6)27-38(31-40)49-32-48(7)41-23-14-15-24-42(41)49/h8-31H,32H2,1-7H3. The molecular formula is C46H47N3O. The molecule has 0 aliphatic carbocycles. The van der Waals surface area contributed by atoms with Crippen LogP contribution in [0.2, 0.25) is 0 Å². The fourth-order valence-electron chi connectivity index (χ4n) is 7.18. The molecule has 0 bridgehead atoms. The molecule has 7 rings (SSSR count). The molecule has 0 amide bonds. The Labute approximate surface area is 298 Å². The smallest absolute Gasteiger partial charge is 0.129 e. The summed E-state index contributed by atoms with van der Waals surface area (Å²) in [6.07, 6.45) is 1.96. The van der Waals surface area contributed by atoms with Crippen molar-refractivity contribution in [2.24, 2.45) is 0 Å². The number of aromatic nitrogens is 1. The number of hydrogen-bond acceptors (Lipinski definition) is 4. The fourth-order valence-corrected chi connectivity index (χ4v) is 7.18. The SMILES string of the molecule is CN1CN(c2cc(Oc3cccc(C(c4ccccc4)(c4ccccc4)c4cc(C(C)(C)C)ccn4)c3)cc(C(C)(C)C)c2)c2ccccc21. The van der Waals surface area contributed by atoms with Crippen molar-refractivity contribution in [2.45, 2.75) is 57.8 Å². The van der Waals surface area contributed by atoms with Crippen LogP contribution < -0.4 is 14.5 Å². The predicted octanol–water partition coefficient (Wildman–Crippen LogP) is 11.4. The van der Waals surface area contributed by atoms with Gasteiger partial charge in [-0.1, -0.05) is 126 Å². The van der Waals surface area contributed by atoms with Crippen LogP contribution in [0.3, 0.4) is 0 Å². The number of benzene rings is 5. The van der Waals surface area contributed by atoms with E-state index < -0.39 is 5.41 Å². The first-order chi connectivity index (χ1) is 23.9. The number of fused-ring (bicyclic) bond motifs is 1. The van der Waals surface area contributed by atoms with Crippen LogP contribution in [0.15, 0.2) is 146 Å². The summed E-state index contributed by atoms with van der Waals surface area (Å²) in [4.78, 5) is 9.80. The zero-order valence-corrected chi connectivity index (χ0v) is 30.3. The minimum absolute atomic E-state index is 0.0395. The van der Waals surface area contributed by atoms with Crippen LogP contribution in [0.4, 0.5) is 17.1 Å². The Morgan fingerprint density at radius 2 is 1.10 bits per heavy atom. The van der Waals surface area contributed by atoms with Crippen LogP contribution >= 0.6 is 0 Å². The summed E-state index contributed by atoms with van der Waals surface area (Å²) in [5.41, 5.74) is 9.58. The van der Waals surface area contributed by atoms with Crippen LogP contribution in [0.25, 0.3) is 0 Å². The number of nitrogens with zero attached hydrogens (tertiary/aromatic N) is 3. The third kappa shape index (κ3) is 6.15. The number of anilines is 3. The third-order valence-corrected chi connectivity index (χ3v) is 9.93. The van der Waals surface area contributed by atoms with Gasteiger partial charge in [-0.05, 0) is 87.2 Å². The van der Waals surface area contributed by atoms with Crippen molar-refractivity contribution in [1.29, 1.82) is 0 Å². The van der Waals surface area contributed by atoms with Crippen molar-refractivity contribution in [3.63, 3.8) is 0 Å². The van der Waals surface area contributed by atoms with Gasteiger partial charge in [0.15, 0.2) is 0 Å². The highest BCUT2D eigenvalue weighted by molar-refractivity contribution is 5.82. The van der Waals surface area contributed by atoms with E-state index in [1.807, 2.05) is 6.20 Å². The molecule has 1 aliphatic heterocycles. The molecular weight excluding hydrogens is 611 g/mol. The van der Waals surface area contributed by atoms with Gasteiger partial charge < -0.3 is 14.5 Å². The Morgan fingerprint density at radius 3 is 1.74 bits per heavy atom. The molecule has 1 aliphatic rings. The fraction of sp³-hybridized carbons (Fsp3) is 0.239. The lowest BCUT2D eigenvalue weighted by Gasteiger charge is -2.36. The van der Waals surface area contributed by atoms with E-state index in [9.17, 15) is 0 Å². The molecule has 50 heavy (non-hydrogen) atoms. The summed E-state index contributed by atoms with van der Waals surface area (Å²) in [5.74, 6) is 1.59. The molecule has 0 unspecified atom stereocenters. The molecule has 2 heterocycles. The van der Waals surface area contributed by atoms with Crippen molar-refractivity contribution in [3.8, 4) is 11.5 Å². The van der Waals surface area contributed by atoms with Crippen molar-refractivity contribution in [1.82, 2.24) is 4.98 Å². The highest BCUT2D eigenvalue weighted by Gasteiger charge is 2.40. The molecule has 0 spiro atoms. The summed E-state index contributed by atoms with van der Waals surface area (Å²) >= 11 is 0. The number of ether oxygens (including phenoxy) is 1. The average Bonchev–Trinajstić information content (AvgIpc) is 3.45. The maximum atomic E-state index is 6.89. The zero-order chi connectivity index (χ0) is 35.1. The lowest BCUT2D eigenvalue weighted by molar-refractivity contribution is 0.477. The molecule has 6 aromatic rings. The first-order valence-corrected chi connectivity index (χ1v) is 17.5. The van der Waals surface area contributed by atoms with Gasteiger partial charge in [0.1, 0.15) is 11.5 Å². The van der Waals surface area contributed by atoms with E-state index in [1.165, 1.54) is 22.5 Å². The van der Waals surface area contributed by atoms with E-state index in [2.05, 4.69) is 198 Å². The molecule has 0 saturated carbocycles. The van der Waals surface area contributed by atoms with Crippen molar-refractivity contribution >= 4 is 17.1 Å². The molecule has 0 fully saturated rings. The molecule has 4 nitrogen and oxygen atoms in total. The molecule has 0 atom stereocenters. The van der Waals surface area contributed by atoms with E-state index in [1.54, 1.807) is 0 Å². The van der Waals surface area contributed by atoms with Crippen molar-refractivity contribution in [3.05, 3.63) is 179 Å². The van der Waals surface area contributed by atoms with Crippen LogP contribution in [0.5, 0.6) is 11.5 Å². The maximum Gasteiger partial charge on any atom is 0.129 e. The van der Waals surface area contributed by atoms with Gasteiger partial charge in [-0.25, -0.2) is 0 Å². The van der Waals surface area contributed by atoms with Crippen molar-refractivity contribution in [2.75, 3.05) is 23.5 Å². The van der Waals surface area contributed by atoms with E-state index in [0.29, 0.717) is 0 Å². The second-order valence-electron chi connectivity index (χ2n) is 15.5. The normalized spacial score (nSPS) is 13.3. The first kappa shape index (κ1) is 33.2. The van der Waals surface area contributed by atoms with E-state index in [4.69, 9.17) is 9.72 Å². The predicted molar refractivity (Wildman–Crippen MR) is 208 cm³/mol. The lowest BCUT2D eigenvalue weighted by atomic mass is 9.66. The van der Waals surface area contributed by atoms with E-state index in [0.717, 1.165) is 46.2 Å². The van der Waals surface area contributed by atoms with Crippen LogP contribution in [-0.2, 0) is 16.2 Å². The van der Waals surface area contributed by atoms with Gasteiger partial charge in [0, 0.05) is 25.0 Å². The molecule has 5 aromatic carbocycles. The van der Waals surface area contributed by atoms with Crippen molar-refractivity contribution < 1.29 is 4.74 Å². The van der Waals surface area contributed by atoms with Gasteiger partial charge in [0.25, 0.3) is 0 Å². The molecule has 0 saturated heterocycles. The Hall–Kier alpha value is -5.35.